The number of aliphatic hydroxyl groups excluding tert-OH is 3. The van der Waals surface area contributed by atoms with Crippen molar-refractivity contribution in [2.45, 2.75) is 193 Å². The quantitative estimate of drug-likeness (QED) is 0.0735. The van der Waals surface area contributed by atoms with Crippen molar-refractivity contribution >= 4 is 11.7 Å². The summed E-state index contributed by atoms with van der Waals surface area (Å²) < 4.78 is 37.9. The standard InChI is InChI=1S/C45H83N3O13/c1-16-33-45(12,54)38(50)28(6)35(46-56-22-20-19-21-48(17-2)18-3)26(4)24-43(10,53)40(61-42-36(49)32(47(13)14)23-27(5)57-42)29(7)37(30(8)41(52)59-33)60-34-25-44(11,55-15)39(51)31(9)58-34/h19-20,26-34,36-40,42,49-51,53-54H,16-18,21-25H2,1-15H3/t26-,27?,28+,29+,30-,31?,32?,33-,34?,36?,37+,38-,39?,40-,42?,43?,44?,45-/m1/s1. The van der Waals surface area contributed by atoms with Crippen molar-refractivity contribution in [2.75, 3.05) is 47.4 Å². The van der Waals surface area contributed by atoms with E-state index in [0.717, 1.165) is 19.6 Å². The minimum Gasteiger partial charge on any atom is -0.459 e. The number of nitrogens with zero attached hydrogens (tertiary/aromatic N) is 3. The Bertz CT molecular complexity index is 1410. The Balaban J connectivity index is 2.21. The molecule has 16 heteroatoms. The Morgan fingerprint density at radius 2 is 1.52 bits per heavy atom. The van der Waals surface area contributed by atoms with Gasteiger partial charge >= 0.3 is 5.97 Å². The number of rotatable bonds is 14. The van der Waals surface area contributed by atoms with Gasteiger partial charge in [-0.25, -0.2) is 0 Å². The van der Waals surface area contributed by atoms with Gasteiger partial charge in [0.25, 0.3) is 0 Å². The van der Waals surface area contributed by atoms with E-state index in [9.17, 15) is 30.3 Å². The highest BCUT2D eigenvalue weighted by Gasteiger charge is 2.53. The first-order chi connectivity index (χ1) is 28.4. The molecule has 0 aliphatic carbocycles. The number of methoxy groups -OCH3 is 1. The van der Waals surface area contributed by atoms with E-state index in [1.807, 2.05) is 45.0 Å². The summed E-state index contributed by atoms with van der Waals surface area (Å²) >= 11 is 0. The Labute approximate surface area is 365 Å². The Kier molecular flexibility index (Phi) is 20.1. The maximum Gasteiger partial charge on any atom is 0.311 e. The van der Waals surface area contributed by atoms with E-state index >= 15 is 0 Å². The van der Waals surface area contributed by atoms with Gasteiger partial charge in [-0.15, -0.1) is 0 Å². The minimum absolute atomic E-state index is 0.00430. The Hall–Kier alpha value is -1.80. The van der Waals surface area contributed by atoms with Crippen LogP contribution in [0.25, 0.3) is 0 Å². The zero-order valence-electron chi connectivity index (χ0n) is 39.8. The van der Waals surface area contributed by atoms with Gasteiger partial charge < -0.3 is 68.6 Å². The third kappa shape index (κ3) is 13.2. The fraction of sp³-hybridized carbons (Fsp3) is 0.911. The van der Waals surface area contributed by atoms with Gasteiger partial charge in [0.2, 0.25) is 0 Å². The number of ether oxygens (including phenoxy) is 6. The summed E-state index contributed by atoms with van der Waals surface area (Å²) in [6, 6.07) is -0.319. The molecule has 3 heterocycles. The Morgan fingerprint density at radius 3 is 2.10 bits per heavy atom. The summed E-state index contributed by atoms with van der Waals surface area (Å²) in [5.41, 5.74) is -4.37. The fourth-order valence-electron chi connectivity index (χ4n) is 9.52. The van der Waals surface area contributed by atoms with Gasteiger partial charge in [-0.3, -0.25) is 4.79 Å². The van der Waals surface area contributed by atoms with E-state index in [4.69, 9.17) is 33.3 Å². The largest absolute Gasteiger partial charge is 0.459 e. The zero-order valence-corrected chi connectivity index (χ0v) is 39.8. The number of hydrogen-bond donors (Lipinski definition) is 5. The van der Waals surface area contributed by atoms with Crippen LogP contribution in [0.5, 0.6) is 0 Å². The molecule has 3 saturated heterocycles. The topological polar surface area (TPSA) is 202 Å². The molecule has 61 heavy (non-hydrogen) atoms. The first-order valence-electron chi connectivity index (χ1n) is 22.5. The number of hydrogen-bond acceptors (Lipinski definition) is 16. The van der Waals surface area contributed by atoms with Gasteiger partial charge in [0.05, 0.1) is 53.4 Å². The average Bonchev–Trinajstić information content (AvgIpc) is 3.20. The van der Waals surface area contributed by atoms with Crippen molar-refractivity contribution in [3.63, 3.8) is 0 Å². The lowest BCUT2D eigenvalue weighted by Crippen LogP contribution is -2.61. The number of cyclic esters (lactones) is 1. The van der Waals surface area contributed by atoms with Crippen LogP contribution in [0.3, 0.4) is 0 Å². The highest BCUT2D eigenvalue weighted by molar-refractivity contribution is 5.88. The molecule has 0 aromatic rings. The predicted molar refractivity (Wildman–Crippen MR) is 232 cm³/mol. The second-order valence-electron chi connectivity index (χ2n) is 18.8. The van der Waals surface area contributed by atoms with Crippen LogP contribution in [0.15, 0.2) is 17.3 Å². The van der Waals surface area contributed by atoms with Crippen LogP contribution in [0.1, 0.15) is 109 Å². The van der Waals surface area contributed by atoms with Crippen LogP contribution < -0.4 is 0 Å². The van der Waals surface area contributed by atoms with Crippen molar-refractivity contribution in [1.29, 1.82) is 0 Å². The summed E-state index contributed by atoms with van der Waals surface area (Å²) in [6.45, 7) is 24.1. The molecule has 18 atom stereocenters. The molecule has 0 spiro atoms. The first kappa shape index (κ1) is 53.5. The van der Waals surface area contributed by atoms with E-state index < -0.39 is 102 Å². The van der Waals surface area contributed by atoms with E-state index in [-0.39, 0.29) is 38.0 Å². The minimum atomic E-state index is -1.94. The molecule has 16 nitrogen and oxygen atoms in total. The highest BCUT2D eigenvalue weighted by Crippen LogP contribution is 2.41. The molecular weight excluding hydrogens is 791 g/mol. The molecule has 3 fully saturated rings. The fourth-order valence-corrected chi connectivity index (χ4v) is 9.52. The number of oxime groups is 1. The van der Waals surface area contributed by atoms with E-state index in [1.54, 1.807) is 48.5 Å². The second kappa shape index (κ2) is 22.9. The number of likely N-dealkylation sites (N-methyl/N-ethyl adjacent to an activating group) is 2. The molecule has 3 aliphatic rings. The van der Waals surface area contributed by atoms with Gasteiger partial charge in [-0.05, 0) is 94.1 Å². The molecule has 0 saturated carbocycles. The van der Waals surface area contributed by atoms with Crippen LogP contribution in [0.2, 0.25) is 0 Å². The van der Waals surface area contributed by atoms with Crippen LogP contribution in [-0.4, -0.2) is 179 Å². The van der Waals surface area contributed by atoms with Crippen molar-refractivity contribution < 1.29 is 63.6 Å². The first-order valence-corrected chi connectivity index (χ1v) is 22.5. The van der Waals surface area contributed by atoms with Gasteiger partial charge in [0.1, 0.15) is 30.5 Å². The molecule has 356 valence electrons. The van der Waals surface area contributed by atoms with Crippen LogP contribution in [0.4, 0.5) is 0 Å². The highest BCUT2D eigenvalue weighted by atomic mass is 16.7. The van der Waals surface area contributed by atoms with Crippen molar-refractivity contribution in [3.8, 4) is 0 Å². The molecule has 0 bridgehead atoms. The van der Waals surface area contributed by atoms with Crippen molar-refractivity contribution in [1.82, 2.24) is 9.80 Å². The third-order valence-corrected chi connectivity index (χ3v) is 13.6. The lowest BCUT2D eigenvalue weighted by atomic mass is 9.73. The Morgan fingerprint density at radius 1 is 0.885 bits per heavy atom. The number of carbonyl (C=O) groups excluding carboxylic acids is 1. The molecule has 0 amide bonds. The normalized spacial score (nSPS) is 44.4. The van der Waals surface area contributed by atoms with Gasteiger partial charge in [-0.2, -0.15) is 0 Å². The maximum atomic E-state index is 14.4. The zero-order chi connectivity index (χ0) is 46.2. The molecule has 5 N–H and O–H groups in total. The average molecular weight is 874 g/mol. The second-order valence-corrected chi connectivity index (χ2v) is 18.8. The summed E-state index contributed by atoms with van der Waals surface area (Å²) in [5, 5.41) is 64.1. The molecule has 0 aromatic carbocycles. The van der Waals surface area contributed by atoms with E-state index in [2.05, 4.69) is 23.9 Å². The van der Waals surface area contributed by atoms with Gasteiger partial charge in [-0.1, -0.05) is 52.8 Å². The summed E-state index contributed by atoms with van der Waals surface area (Å²) in [6.07, 6.45) is -5.42. The molecule has 0 aromatic heterocycles. The lowest BCUT2D eigenvalue weighted by Gasteiger charge is -2.49. The molecule has 0 radical (unpaired) electrons. The maximum absolute atomic E-state index is 14.4. The van der Waals surface area contributed by atoms with Crippen LogP contribution in [-0.2, 0) is 38.1 Å². The van der Waals surface area contributed by atoms with Crippen molar-refractivity contribution in [2.24, 2.45) is 28.8 Å². The molecule has 3 rings (SSSR count). The predicted octanol–water partition coefficient (Wildman–Crippen LogP) is 3.49. The number of carbonyl (C=O) groups is 1. The molecular formula is C45H83N3O13. The monoisotopic (exact) mass is 874 g/mol. The van der Waals surface area contributed by atoms with E-state index in [0.29, 0.717) is 12.1 Å². The third-order valence-electron chi connectivity index (χ3n) is 13.6. The van der Waals surface area contributed by atoms with Crippen LogP contribution >= 0.6 is 0 Å². The van der Waals surface area contributed by atoms with Crippen molar-refractivity contribution in [3.05, 3.63) is 12.2 Å². The smallest absolute Gasteiger partial charge is 0.311 e. The van der Waals surface area contributed by atoms with Crippen LogP contribution in [0, 0.1) is 23.7 Å². The lowest BCUT2D eigenvalue weighted by molar-refractivity contribution is -0.317. The van der Waals surface area contributed by atoms with Gasteiger partial charge in [0.15, 0.2) is 12.6 Å². The number of aliphatic hydroxyl groups is 5. The summed E-state index contributed by atoms with van der Waals surface area (Å²) in [5.74, 6) is -4.01. The number of esters is 1. The molecule has 3 aliphatic heterocycles. The molecule has 9 unspecified atom stereocenters. The summed E-state index contributed by atoms with van der Waals surface area (Å²) in [4.78, 5) is 24.4. The van der Waals surface area contributed by atoms with E-state index in [1.165, 1.54) is 14.0 Å². The summed E-state index contributed by atoms with van der Waals surface area (Å²) in [7, 11) is 5.25. The SMILES string of the molecule is CC[C@H]1OC(=O)[C@H](C)[C@@H](OC2CC(C)(OC)C(O)C(C)O2)[C@H](C)[C@@H](OC2OC(C)CC(N(C)C)C2O)C(C)(O)C[C@@H](C)C(=NOCC=CCN(CC)CC)[C@H](C)[C@@H](O)[C@]1(C)O. The van der Waals surface area contributed by atoms with Gasteiger partial charge in [0, 0.05) is 43.9 Å².